The van der Waals surface area contributed by atoms with Crippen LogP contribution in [0.15, 0.2) is 53.3 Å². The summed E-state index contributed by atoms with van der Waals surface area (Å²) < 4.78 is 5.56. The Bertz CT molecular complexity index is 871. The third kappa shape index (κ3) is 6.27. The lowest BCUT2D eigenvalue weighted by atomic mass is 9.83. The summed E-state index contributed by atoms with van der Waals surface area (Å²) in [6.45, 7) is 17.7. The second-order valence-corrected chi connectivity index (χ2v) is 9.80. The van der Waals surface area contributed by atoms with Crippen molar-refractivity contribution in [2.24, 2.45) is 4.99 Å². The van der Waals surface area contributed by atoms with Crippen LogP contribution in [0.25, 0.3) is 0 Å². The van der Waals surface area contributed by atoms with Crippen molar-refractivity contribution in [1.82, 2.24) is 19.6 Å². The standard InChI is InChI=1S/C25H39N5O3/c1-10-21(12-11-19(2)22(31)26-17-27(7)8)30-18-28(9)20(3)25(30)13-15-29(16-14-25)23(32)33-24(4,5)6/h10-12,17H,2-3,13-16,18H2,1,4-9H3/b12-11-,21-10+,26-17+. The number of hydrogen-bond acceptors (Lipinski definition) is 5. The number of ether oxygens (including phenoxy) is 1. The Kier molecular flexibility index (Phi) is 8.16. The lowest BCUT2D eigenvalue weighted by molar-refractivity contribution is -0.114. The zero-order valence-corrected chi connectivity index (χ0v) is 21.2. The number of amides is 2. The highest BCUT2D eigenvalue weighted by Gasteiger charge is 2.49. The van der Waals surface area contributed by atoms with Crippen LogP contribution in [0.5, 0.6) is 0 Å². The molecule has 2 aliphatic rings. The molecule has 0 unspecified atom stereocenters. The van der Waals surface area contributed by atoms with Crippen LogP contribution in [-0.2, 0) is 9.53 Å². The lowest BCUT2D eigenvalue weighted by Crippen LogP contribution is -2.54. The summed E-state index contributed by atoms with van der Waals surface area (Å²) in [4.78, 5) is 36.5. The fourth-order valence-corrected chi connectivity index (χ4v) is 4.07. The maximum absolute atomic E-state index is 12.5. The number of carbonyl (C=O) groups excluding carboxylic acids is 2. The van der Waals surface area contributed by atoms with Crippen LogP contribution in [0.4, 0.5) is 4.79 Å². The van der Waals surface area contributed by atoms with Gasteiger partial charge in [-0.05, 0) is 52.7 Å². The SMILES string of the molecule is C=C(/C=C\C(=C/C)N1CN(C)C(=C)C12CCN(C(=O)OC(C)(C)C)CC2)C(=O)/N=C/N(C)C. The normalized spacial score (nSPS) is 19.2. The van der Waals surface area contributed by atoms with Gasteiger partial charge in [-0.3, -0.25) is 4.79 Å². The van der Waals surface area contributed by atoms with Crippen molar-refractivity contribution in [2.45, 2.75) is 51.7 Å². The lowest BCUT2D eigenvalue weighted by Gasteiger charge is -2.45. The van der Waals surface area contributed by atoms with E-state index >= 15 is 0 Å². The molecule has 1 spiro atoms. The summed E-state index contributed by atoms with van der Waals surface area (Å²) in [5, 5.41) is 0. The van der Waals surface area contributed by atoms with Gasteiger partial charge in [0.05, 0.1) is 18.5 Å². The maximum atomic E-state index is 12.5. The molecule has 33 heavy (non-hydrogen) atoms. The number of piperidine rings is 1. The van der Waals surface area contributed by atoms with E-state index in [1.165, 1.54) is 6.34 Å². The van der Waals surface area contributed by atoms with Gasteiger partial charge < -0.3 is 24.3 Å². The number of carbonyl (C=O) groups is 2. The Morgan fingerprint density at radius 3 is 2.30 bits per heavy atom. The van der Waals surface area contributed by atoms with Crippen LogP contribution in [-0.4, -0.2) is 90.0 Å². The number of likely N-dealkylation sites (tertiary alicyclic amines) is 1. The highest BCUT2D eigenvalue weighted by Crippen LogP contribution is 2.43. The van der Waals surface area contributed by atoms with E-state index in [0.29, 0.717) is 25.3 Å². The summed E-state index contributed by atoms with van der Waals surface area (Å²) in [7, 11) is 5.63. The minimum absolute atomic E-state index is 0.278. The number of allylic oxidation sites excluding steroid dienone is 2. The van der Waals surface area contributed by atoms with Crippen LogP contribution in [0.3, 0.4) is 0 Å². The molecule has 2 fully saturated rings. The van der Waals surface area contributed by atoms with Gasteiger partial charge in [0.2, 0.25) is 0 Å². The van der Waals surface area contributed by atoms with Gasteiger partial charge in [0.25, 0.3) is 5.91 Å². The number of likely N-dealkylation sites (N-methyl/N-ethyl adjacent to an activating group) is 1. The molecule has 2 aliphatic heterocycles. The van der Waals surface area contributed by atoms with E-state index in [4.69, 9.17) is 4.74 Å². The summed E-state index contributed by atoms with van der Waals surface area (Å²) in [6.07, 6.45) is 8.30. The van der Waals surface area contributed by atoms with Crippen LogP contribution in [0.1, 0.15) is 40.5 Å². The Balaban J connectivity index is 2.18. The van der Waals surface area contributed by atoms with Gasteiger partial charge in [-0.25, -0.2) is 4.79 Å². The molecular weight excluding hydrogens is 418 g/mol. The average molecular weight is 458 g/mol. The number of nitrogens with zero attached hydrogens (tertiary/aromatic N) is 5. The number of rotatable bonds is 5. The fraction of sp³-hybridized carbons (Fsp3) is 0.560. The van der Waals surface area contributed by atoms with E-state index in [1.807, 2.05) is 46.9 Å². The van der Waals surface area contributed by atoms with E-state index in [1.54, 1.807) is 30.0 Å². The highest BCUT2D eigenvalue weighted by atomic mass is 16.6. The summed E-state index contributed by atoms with van der Waals surface area (Å²) >= 11 is 0. The average Bonchev–Trinajstić information content (AvgIpc) is 2.96. The Morgan fingerprint density at radius 2 is 1.79 bits per heavy atom. The molecular formula is C25H39N5O3. The Hall–Kier alpha value is -3.03. The monoisotopic (exact) mass is 457 g/mol. The quantitative estimate of drug-likeness (QED) is 0.272. The Labute approximate surface area is 198 Å². The van der Waals surface area contributed by atoms with Gasteiger partial charge >= 0.3 is 6.09 Å². The predicted octanol–water partition coefficient (Wildman–Crippen LogP) is 3.61. The first-order chi connectivity index (χ1) is 15.3. The fourth-order valence-electron chi connectivity index (χ4n) is 4.07. The molecule has 2 amide bonds. The van der Waals surface area contributed by atoms with Gasteiger partial charge in [-0.1, -0.05) is 19.2 Å². The minimum Gasteiger partial charge on any atom is -0.444 e. The molecule has 2 rings (SSSR count). The van der Waals surface area contributed by atoms with Gasteiger partial charge in [0, 0.05) is 51.2 Å². The molecule has 8 nitrogen and oxygen atoms in total. The molecule has 182 valence electrons. The van der Waals surface area contributed by atoms with Crippen molar-refractivity contribution in [3.8, 4) is 0 Å². The van der Waals surface area contributed by atoms with Crippen LogP contribution >= 0.6 is 0 Å². The van der Waals surface area contributed by atoms with E-state index in [0.717, 1.165) is 24.2 Å². The molecule has 0 saturated carbocycles. The zero-order chi connectivity index (χ0) is 25.0. The topological polar surface area (TPSA) is 68.7 Å². The largest absolute Gasteiger partial charge is 0.444 e. The first kappa shape index (κ1) is 26.2. The van der Waals surface area contributed by atoms with Gasteiger partial charge in [0.15, 0.2) is 0 Å². The van der Waals surface area contributed by atoms with E-state index in [-0.39, 0.29) is 17.5 Å². The molecule has 8 heteroatoms. The highest BCUT2D eigenvalue weighted by molar-refractivity contribution is 5.99. The van der Waals surface area contributed by atoms with Crippen LogP contribution in [0, 0.1) is 0 Å². The summed E-state index contributed by atoms with van der Waals surface area (Å²) in [5.41, 5.74) is 1.50. The molecule has 0 aliphatic carbocycles. The molecule has 0 bridgehead atoms. The summed E-state index contributed by atoms with van der Waals surface area (Å²) in [5.74, 6) is -0.376. The molecule has 0 aromatic carbocycles. The maximum Gasteiger partial charge on any atom is 0.410 e. The van der Waals surface area contributed by atoms with Crippen molar-refractivity contribution in [2.75, 3.05) is 40.9 Å². The second-order valence-electron chi connectivity index (χ2n) is 9.80. The van der Waals surface area contributed by atoms with Crippen molar-refractivity contribution in [3.05, 3.63) is 48.4 Å². The third-order valence-corrected chi connectivity index (χ3v) is 5.85. The first-order valence-corrected chi connectivity index (χ1v) is 11.2. The molecule has 0 aromatic heterocycles. The van der Waals surface area contributed by atoms with E-state index < -0.39 is 5.60 Å². The van der Waals surface area contributed by atoms with Crippen LogP contribution in [0.2, 0.25) is 0 Å². The third-order valence-electron chi connectivity index (χ3n) is 5.85. The summed E-state index contributed by atoms with van der Waals surface area (Å²) in [6, 6.07) is 0. The van der Waals surface area contributed by atoms with Gasteiger partial charge in [-0.2, -0.15) is 4.99 Å². The Morgan fingerprint density at radius 1 is 1.18 bits per heavy atom. The molecule has 0 aromatic rings. The van der Waals surface area contributed by atoms with E-state index in [2.05, 4.69) is 28.0 Å². The smallest absolute Gasteiger partial charge is 0.410 e. The molecule has 0 N–H and O–H groups in total. The van der Waals surface area contributed by atoms with Crippen molar-refractivity contribution < 1.29 is 14.3 Å². The number of hydrogen-bond donors (Lipinski definition) is 0. The van der Waals surface area contributed by atoms with Gasteiger partial charge in [0.1, 0.15) is 5.60 Å². The van der Waals surface area contributed by atoms with Crippen molar-refractivity contribution in [3.63, 3.8) is 0 Å². The predicted molar refractivity (Wildman–Crippen MR) is 133 cm³/mol. The minimum atomic E-state index is -0.519. The zero-order valence-electron chi connectivity index (χ0n) is 21.2. The van der Waals surface area contributed by atoms with E-state index in [9.17, 15) is 9.59 Å². The second kappa shape index (κ2) is 10.3. The molecule has 2 heterocycles. The molecule has 2 saturated heterocycles. The van der Waals surface area contributed by atoms with Crippen molar-refractivity contribution in [1.29, 1.82) is 0 Å². The first-order valence-electron chi connectivity index (χ1n) is 11.2. The van der Waals surface area contributed by atoms with Crippen molar-refractivity contribution >= 4 is 18.3 Å². The van der Waals surface area contributed by atoms with Gasteiger partial charge in [-0.15, -0.1) is 0 Å². The number of aliphatic imine (C=N–C) groups is 1. The van der Waals surface area contributed by atoms with Crippen LogP contribution < -0.4 is 0 Å². The molecule has 0 radical (unpaired) electrons. The molecule has 0 atom stereocenters.